The number of amides is 2. The second kappa shape index (κ2) is 11.1. The van der Waals surface area contributed by atoms with Gasteiger partial charge in [-0.05, 0) is 75.7 Å². The molecule has 2 aromatic carbocycles. The van der Waals surface area contributed by atoms with E-state index in [-0.39, 0.29) is 24.5 Å². The third-order valence-electron chi connectivity index (χ3n) is 4.69. The standard InChI is InChI=1S/C23H31N3O3/c1-5-17(4)29-21-14-12-20(13-15-21)25-22(27)16-24-19-10-8-18(9-11-19)23(28)26(6-2)7-3/h8-15,17,24H,5-7,16H2,1-4H3,(H,25,27). The van der Waals surface area contributed by atoms with Crippen molar-refractivity contribution in [1.82, 2.24) is 4.90 Å². The lowest BCUT2D eigenvalue weighted by Gasteiger charge is -2.18. The minimum atomic E-state index is -0.149. The van der Waals surface area contributed by atoms with Crippen molar-refractivity contribution >= 4 is 23.2 Å². The summed E-state index contributed by atoms with van der Waals surface area (Å²) in [5.74, 6) is 0.652. The van der Waals surface area contributed by atoms with Gasteiger partial charge in [-0.25, -0.2) is 0 Å². The molecule has 1 unspecified atom stereocenters. The molecule has 0 saturated carbocycles. The Morgan fingerprint density at radius 1 is 0.931 bits per heavy atom. The van der Waals surface area contributed by atoms with E-state index in [1.165, 1.54) is 0 Å². The van der Waals surface area contributed by atoms with Crippen LogP contribution in [-0.4, -0.2) is 42.5 Å². The zero-order valence-electron chi connectivity index (χ0n) is 17.7. The number of carbonyl (C=O) groups excluding carboxylic acids is 2. The number of carbonyl (C=O) groups is 2. The number of rotatable bonds is 10. The predicted octanol–water partition coefficient (Wildman–Crippen LogP) is 4.40. The van der Waals surface area contributed by atoms with E-state index in [1.54, 1.807) is 17.0 Å². The Morgan fingerprint density at radius 2 is 1.52 bits per heavy atom. The molecule has 1 atom stereocenters. The molecule has 0 bridgehead atoms. The molecule has 2 aromatic rings. The molecule has 0 aliphatic rings. The van der Waals surface area contributed by atoms with Gasteiger partial charge < -0.3 is 20.3 Å². The molecule has 2 N–H and O–H groups in total. The second-order valence-corrected chi connectivity index (χ2v) is 6.82. The molecule has 0 radical (unpaired) electrons. The van der Waals surface area contributed by atoms with E-state index in [1.807, 2.05) is 57.2 Å². The zero-order valence-corrected chi connectivity index (χ0v) is 17.7. The number of ether oxygens (including phenoxy) is 1. The van der Waals surface area contributed by atoms with Gasteiger partial charge >= 0.3 is 0 Å². The summed E-state index contributed by atoms with van der Waals surface area (Å²) in [5.41, 5.74) is 2.14. The van der Waals surface area contributed by atoms with Gasteiger partial charge in [0.05, 0.1) is 12.6 Å². The molecule has 6 heteroatoms. The van der Waals surface area contributed by atoms with Crippen LogP contribution >= 0.6 is 0 Å². The monoisotopic (exact) mass is 397 g/mol. The van der Waals surface area contributed by atoms with Crippen LogP contribution in [0.1, 0.15) is 44.5 Å². The first-order chi connectivity index (χ1) is 14.0. The van der Waals surface area contributed by atoms with Crippen molar-refractivity contribution in [3.63, 3.8) is 0 Å². The van der Waals surface area contributed by atoms with Crippen LogP contribution < -0.4 is 15.4 Å². The van der Waals surface area contributed by atoms with Crippen molar-refractivity contribution in [2.24, 2.45) is 0 Å². The van der Waals surface area contributed by atoms with Crippen molar-refractivity contribution in [2.45, 2.75) is 40.2 Å². The fraction of sp³-hybridized carbons (Fsp3) is 0.391. The minimum Gasteiger partial charge on any atom is -0.491 e. The van der Waals surface area contributed by atoms with Gasteiger partial charge in [0.2, 0.25) is 5.91 Å². The minimum absolute atomic E-state index is 0.0139. The fourth-order valence-electron chi connectivity index (χ4n) is 2.74. The summed E-state index contributed by atoms with van der Waals surface area (Å²) in [6.45, 7) is 9.51. The van der Waals surface area contributed by atoms with Gasteiger partial charge in [0.25, 0.3) is 5.91 Å². The Labute approximate surface area is 173 Å². The number of benzene rings is 2. The second-order valence-electron chi connectivity index (χ2n) is 6.82. The first-order valence-electron chi connectivity index (χ1n) is 10.2. The van der Waals surface area contributed by atoms with Crippen molar-refractivity contribution in [2.75, 3.05) is 30.3 Å². The molecule has 29 heavy (non-hydrogen) atoms. The molecule has 0 aliphatic heterocycles. The lowest BCUT2D eigenvalue weighted by molar-refractivity contribution is -0.114. The van der Waals surface area contributed by atoms with Crippen molar-refractivity contribution in [3.8, 4) is 5.75 Å². The van der Waals surface area contributed by atoms with Crippen LogP contribution in [0.5, 0.6) is 5.75 Å². The first kappa shape index (κ1) is 22.3. The summed E-state index contributed by atoms with van der Waals surface area (Å²) in [7, 11) is 0. The molecule has 0 saturated heterocycles. The molecular weight excluding hydrogens is 366 g/mol. The van der Waals surface area contributed by atoms with Gasteiger partial charge in [-0.1, -0.05) is 6.92 Å². The lowest BCUT2D eigenvalue weighted by Crippen LogP contribution is -2.30. The van der Waals surface area contributed by atoms with Gasteiger partial charge in [0.1, 0.15) is 5.75 Å². The number of anilines is 2. The van der Waals surface area contributed by atoms with Crippen molar-refractivity contribution in [1.29, 1.82) is 0 Å². The topological polar surface area (TPSA) is 70.7 Å². The Morgan fingerprint density at radius 3 is 2.07 bits per heavy atom. The highest BCUT2D eigenvalue weighted by atomic mass is 16.5. The fourth-order valence-corrected chi connectivity index (χ4v) is 2.74. The molecule has 0 aliphatic carbocycles. The van der Waals surface area contributed by atoms with Crippen LogP contribution in [0.2, 0.25) is 0 Å². The number of nitrogens with zero attached hydrogens (tertiary/aromatic N) is 1. The molecule has 6 nitrogen and oxygen atoms in total. The van der Waals surface area contributed by atoms with Gasteiger partial charge in [0, 0.05) is 30.0 Å². The Hall–Kier alpha value is -3.02. The van der Waals surface area contributed by atoms with Crippen LogP contribution in [-0.2, 0) is 4.79 Å². The Balaban J connectivity index is 1.83. The van der Waals surface area contributed by atoms with Crippen molar-refractivity contribution < 1.29 is 14.3 Å². The largest absolute Gasteiger partial charge is 0.491 e. The summed E-state index contributed by atoms with van der Waals surface area (Å²) in [5, 5.41) is 5.92. The lowest BCUT2D eigenvalue weighted by atomic mass is 10.1. The van der Waals surface area contributed by atoms with Crippen LogP contribution in [0, 0.1) is 0 Å². The van der Waals surface area contributed by atoms with Crippen molar-refractivity contribution in [3.05, 3.63) is 54.1 Å². The SMILES string of the molecule is CCC(C)Oc1ccc(NC(=O)CNc2ccc(C(=O)N(CC)CC)cc2)cc1. The summed E-state index contributed by atoms with van der Waals surface area (Å²) >= 11 is 0. The molecule has 2 amide bonds. The van der Waals surface area contributed by atoms with E-state index in [9.17, 15) is 9.59 Å². The maximum Gasteiger partial charge on any atom is 0.253 e. The maximum atomic E-state index is 12.3. The first-order valence-corrected chi connectivity index (χ1v) is 10.2. The van der Waals surface area contributed by atoms with E-state index >= 15 is 0 Å². The van der Waals surface area contributed by atoms with E-state index in [0.29, 0.717) is 24.3 Å². The van der Waals surface area contributed by atoms with E-state index < -0.39 is 0 Å². The van der Waals surface area contributed by atoms with Gasteiger partial charge in [0.15, 0.2) is 0 Å². The van der Waals surface area contributed by atoms with E-state index in [2.05, 4.69) is 17.6 Å². The van der Waals surface area contributed by atoms with Gasteiger partial charge in [-0.15, -0.1) is 0 Å². The average molecular weight is 398 g/mol. The molecule has 156 valence electrons. The molecule has 0 aromatic heterocycles. The zero-order chi connectivity index (χ0) is 21.2. The molecule has 0 fully saturated rings. The highest BCUT2D eigenvalue weighted by Crippen LogP contribution is 2.18. The van der Waals surface area contributed by atoms with Crippen LogP contribution in [0.4, 0.5) is 11.4 Å². The summed E-state index contributed by atoms with van der Waals surface area (Å²) < 4.78 is 5.73. The van der Waals surface area contributed by atoms with E-state index in [0.717, 1.165) is 17.9 Å². The van der Waals surface area contributed by atoms with E-state index in [4.69, 9.17) is 4.74 Å². The normalized spacial score (nSPS) is 11.4. The molecule has 2 rings (SSSR count). The molecule has 0 heterocycles. The quantitative estimate of drug-likeness (QED) is 0.623. The van der Waals surface area contributed by atoms with Crippen LogP contribution in [0.3, 0.4) is 0 Å². The van der Waals surface area contributed by atoms with Gasteiger partial charge in [-0.2, -0.15) is 0 Å². The third-order valence-corrected chi connectivity index (χ3v) is 4.69. The highest BCUT2D eigenvalue weighted by Gasteiger charge is 2.12. The molecular formula is C23H31N3O3. The Bertz CT molecular complexity index is 784. The number of hydrogen-bond acceptors (Lipinski definition) is 4. The maximum absolute atomic E-state index is 12.3. The summed E-state index contributed by atoms with van der Waals surface area (Å²) in [4.78, 5) is 26.3. The summed E-state index contributed by atoms with van der Waals surface area (Å²) in [6.07, 6.45) is 1.10. The highest BCUT2D eigenvalue weighted by molar-refractivity contribution is 5.95. The molecule has 0 spiro atoms. The van der Waals surface area contributed by atoms with Crippen LogP contribution in [0.15, 0.2) is 48.5 Å². The van der Waals surface area contributed by atoms with Crippen LogP contribution in [0.25, 0.3) is 0 Å². The number of hydrogen-bond donors (Lipinski definition) is 2. The predicted molar refractivity (Wildman–Crippen MR) is 118 cm³/mol. The number of nitrogens with one attached hydrogen (secondary N) is 2. The summed E-state index contributed by atoms with van der Waals surface area (Å²) in [6, 6.07) is 14.5. The third kappa shape index (κ3) is 6.82. The average Bonchev–Trinajstić information content (AvgIpc) is 2.74. The smallest absolute Gasteiger partial charge is 0.253 e. The van der Waals surface area contributed by atoms with Gasteiger partial charge in [-0.3, -0.25) is 9.59 Å². The Kier molecular flexibility index (Phi) is 8.52.